The van der Waals surface area contributed by atoms with E-state index in [2.05, 4.69) is 85.1 Å². The number of benzene rings is 1. The second-order valence-electron chi connectivity index (χ2n) is 10.3. The van der Waals surface area contributed by atoms with E-state index in [0.717, 1.165) is 80.5 Å². The lowest BCUT2D eigenvalue weighted by Gasteiger charge is -2.34. The van der Waals surface area contributed by atoms with Crippen molar-refractivity contribution < 1.29 is 14.3 Å². The summed E-state index contributed by atoms with van der Waals surface area (Å²) in [7, 11) is 0. The zero-order valence-corrected chi connectivity index (χ0v) is 25.2. The Labute approximate surface area is 239 Å². The van der Waals surface area contributed by atoms with E-state index in [1.165, 1.54) is 0 Å². The van der Waals surface area contributed by atoms with Gasteiger partial charge in [-0.1, -0.05) is 59.8 Å². The van der Waals surface area contributed by atoms with E-state index in [1.807, 2.05) is 18.2 Å². The minimum absolute atomic E-state index is 0.0392. The summed E-state index contributed by atoms with van der Waals surface area (Å²) in [5.41, 5.74) is 4.58. The maximum atomic E-state index is 13.1. The number of rotatable bonds is 15. The molecule has 0 fully saturated rings. The topological polar surface area (TPSA) is 62.5 Å². The van der Waals surface area contributed by atoms with E-state index in [-0.39, 0.29) is 18.0 Å². The van der Waals surface area contributed by atoms with Crippen LogP contribution in [0.1, 0.15) is 63.7 Å². The van der Waals surface area contributed by atoms with E-state index in [4.69, 9.17) is 14.5 Å². The molecule has 0 spiro atoms. The first-order chi connectivity index (χ1) is 19.5. The van der Waals surface area contributed by atoms with E-state index in [1.54, 1.807) is 0 Å². The summed E-state index contributed by atoms with van der Waals surface area (Å²) in [5, 5.41) is 0.964. The predicted molar refractivity (Wildman–Crippen MR) is 163 cm³/mol. The molecule has 2 atom stereocenters. The molecule has 2 unspecified atom stereocenters. The van der Waals surface area contributed by atoms with Crippen molar-refractivity contribution in [1.82, 2.24) is 19.3 Å². The number of likely N-dealkylation sites (N-methyl/N-ethyl adjacent to an activating group) is 1. The Bertz CT molecular complexity index is 1230. The fourth-order valence-electron chi connectivity index (χ4n) is 5.55. The highest BCUT2D eigenvalue weighted by Crippen LogP contribution is 2.47. The van der Waals surface area contributed by atoms with Crippen molar-refractivity contribution in [2.24, 2.45) is 10.9 Å². The molecular formula is C32H47N5O3. The van der Waals surface area contributed by atoms with Gasteiger partial charge < -0.3 is 18.9 Å². The molecule has 1 aromatic heterocycles. The third-order valence-electron chi connectivity index (χ3n) is 8.29. The summed E-state index contributed by atoms with van der Waals surface area (Å²) in [5.74, 6) is -0.257. The van der Waals surface area contributed by atoms with Crippen molar-refractivity contribution >= 4 is 28.3 Å². The lowest BCUT2D eigenvalue weighted by atomic mass is 9.87. The second kappa shape index (κ2) is 14.2. The third-order valence-corrected chi connectivity index (χ3v) is 8.29. The van der Waals surface area contributed by atoms with Crippen molar-refractivity contribution in [3.05, 3.63) is 53.8 Å². The number of fused-ring (bicyclic) bond motifs is 4. The molecule has 0 radical (unpaired) electrons. The van der Waals surface area contributed by atoms with Crippen LogP contribution in [0, 0.1) is 5.92 Å². The molecule has 0 amide bonds. The molecule has 0 N–H and O–H groups in total. The maximum Gasteiger partial charge on any atom is 0.338 e. The molecule has 0 saturated carbocycles. The number of aromatic nitrogens is 1. The predicted octanol–water partition coefficient (Wildman–Crippen LogP) is 5.62. The SMILES string of the molecule is CCN(CC)CCOC(=O)c1ccc2c(c1)c1c(n2CN(CC)CC)C(OCN(CC)CC)C2C=CC=CC2=N1. The van der Waals surface area contributed by atoms with Crippen LogP contribution in [0.15, 0.2) is 47.5 Å². The normalized spacial score (nSPS) is 18.1. The van der Waals surface area contributed by atoms with Gasteiger partial charge in [0.2, 0.25) is 0 Å². The van der Waals surface area contributed by atoms with Gasteiger partial charge in [-0.3, -0.25) is 14.8 Å². The van der Waals surface area contributed by atoms with Crippen molar-refractivity contribution in [3.8, 4) is 0 Å². The van der Waals surface area contributed by atoms with Crippen LogP contribution in [0.5, 0.6) is 0 Å². The third kappa shape index (κ3) is 6.41. The molecular weight excluding hydrogens is 502 g/mol. The van der Waals surface area contributed by atoms with Crippen LogP contribution >= 0.6 is 0 Å². The molecule has 8 heteroatoms. The Balaban J connectivity index is 1.77. The summed E-state index contributed by atoms with van der Waals surface area (Å²) in [6.45, 7) is 20.9. The number of aliphatic imine (C=N–C) groups is 1. The van der Waals surface area contributed by atoms with Gasteiger partial charge in [0, 0.05) is 11.9 Å². The molecule has 218 valence electrons. The molecule has 1 aromatic carbocycles. The largest absolute Gasteiger partial charge is 0.461 e. The average Bonchev–Trinajstić information content (AvgIpc) is 3.29. The van der Waals surface area contributed by atoms with Crippen LogP contribution in [0.25, 0.3) is 10.9 Å². The lowest BCUT2D eigenvalue weighted by molar-refractivity contribution is -0.0331. The van der Waals surface area contributed by atoms with Gasteiger partial charge >= 0.3 is 5.97 Å². The van der Waals surface area contributed by atoms with Gasteiger partial charge in [0.15, 0.2) is 0 Å². The molecule has 40 heavy (non-hydrogen) atoms. The smallest absolute Gasteiger partial charge is 0.338 e. The summed E-state index contributed by atoms with van der Waals surface area (Å²) in [6.07, 6.45) is 8.23. The number of carbonyl (C=O) groups excluding carboxylic acids is 1. The molecule has 1 aliphatic heterocycles. The quantitative estimate of drug-likeness (QED) is 0.212. The van der Waals surface area contributed by atoms with Crippen LogP contribution < -0.4 is 0 Å². The summed E-state index contributed by atoms with van der Waals surface area (Å²) in [4.78, 5) is 25.2. The van der Waals surface area contributed by atoms with Crippen LogP contribution in [0.2, 0.25) is 0 Å². The van der Waals surface area contributed by atoms with Crippen molar-refractivity contribution in [3.63, 3.8) is 0 Å². The fourth-order valence-corrected chi connectivity index (χ4v) is 5.55. The first kappa shape index (κ1) is 30.2. The van der Waals surface area contributed by atoms with Crippen LogP contribution in [0.3, 0.4) is 0 Å². The number of hydrogen-bond acceptors (Lipinski definition) is 7. The molecule has 0 saturated heterocycles. The minimum atomic E-state index is -0.296. The monoisotopic (exact) mass is 549 g/mol. The fraction of sp³-hybridized carbons (Fsp3) is 0.562. The van der Waals surface area contributed by atoms with Crippen LogP contribution in [-0.2, 0) is 16.1 Å². The summed E-state index contributed by atoms with van der Waals surface area (Å²) in [6, 6.07) is 5.90. The molecule has 8 nitrogen and oxygen atoms in total. The van der Waals surface area contributed by atoms with E-state index < -0.39 is 0 Å². The maximum absolute atomic E-state index is 13.1. The van der Waals surface area contributed by atoms with E-state index in [9.17, 15) is 4.79 Å². The van der Waals surface area contributed by atoms with Gasteiger partial charge in [0.05, 0.1) is 47.5 Å². The Morgan fingerprint density at radius 2 is 1.62 bits per heavy atom. The number of esters is 1. The van der Waals surface area contributed by atoms with Crippen LogP contribution in [0.4, 0.5) is 5.69 Å². The average molecular weight is 550 g/mol. The first-order valence-corrected chi connectivity index (χ1v) is 15.0. The zero-order valence-electron chi connectivity index (χ0n) is 25.2. The Kier molecular flexibility index (Phi) is 10.7. The number of carbonyl (C=O) groups is 1. The van der Waals surface area contributed by atoms with E-state index >= 15 is 0 Å². The Hall–Kier alpha value is -2.78. The van der Waals surface area contributed by atoms with Gasteiger partial charge in [-0.2, -0.15) is 0 Å². The Morgan fingerprint density at radius 1 is 0.925 bits per heavy atom. The molecule has 2 aliphatic rings. The molecule has 1 aliphatic carbocycles. The highest BCUT2D eigenvalue weighted by Gasteiger charge is 2.37. The van der Waals surface area contributed by atoms with Crippen molar-refractivity contribution in [2.45, 2.75) is 54.3 Å². The van der Waals surface area contributed by atoms with Gasteiger partial charge in [-0.15, -0.1) is 0 Å². The number of allylic oxidation sites excluding steroid dienone is 3. The molecule has 2 aromatic rings. The van der Waals surface area contributed by atoms with Crippen molar-refractivity contribution in [1.29, 1.82) is 0 Å². The molecule has 2 heterocycles. The van der Waals surface area contributed by atoms with Gasteiger partial charge in [-0.05, 0) is 63.5 Å². The molecule has 0 bridgehead atoms. The van der Waals surface area contributed by atoms with E-state index in [0.29, 0.717) is 18.9 Å². The minimum Gasteiger partial charge on any atom is -0.461 e. The van der Waals surface area contributed by atoms with Gasteiger partial charge in [0.1, 0.15) is 12.7 Å². The number of hydrogen-bond donors (Lipinski definition) is 0. The second-order valence-corrected chi connectivity index (χ2v) is 10.3. The van der Waals surface area contributed by atoms with Gasteiger partial charge in [-0.25, -0.2) is 4.79 Å². The Morgan fingerprint density at radius 3 is 2.30 bits per heavy atom. The lowest BCUT2D eigenvalue weighted by Crippen LogP contribution is -2.34. The summed E-state index contributed by atoms with van der Waals surface area (Å²) < 4.78 is 14.8. The number of ether oxygens (including phenoxy) is 2. The molecule has 4 rings (SSSR count). The highest BCUT2D eigenvalue weighted by molar-refractivity contribution is 6.08. The van der Waals surface area contributed by atoms with Gasteiger partial charge in [0.25, 0.3) is 0 Å². The number of nitrogens with zero attached hydrogens (tertiary/aromatic N) is 5. The zero-order chi connectivity index (χ0) is 28.6. The standard InChI is InChI=1S/C32H47N5O3/c1-7-34(8-2)19-20-39-32(38)24-17-18-28-26(21-24)29-30(37(28)22-35(9-3)10-4)31(40-23-36(11-5)12-6)25-15-13-14-16-27(25)33-29/h13-18,21,25,31H,7-12,19-20,22-23H2,1-6H3. The van der Waals surface area contributed by atoms with Crippen molar-refractivity contribution in [2.75, 3.05) is 59.2 Å². The summed E-state index contributed by atoms with van der Waals surface area (Å²) >= 11 is 0. The first-order valence-electron chi connectivity index (χ1n) is 15.0. The highest BCUT2D eigenvalue weighted by atomic mass is 16.5. The van der Waals surface area contributed by atoms with Crippen LogP contribution in [-0.4, -0.2) is 90.1 Å².